The zero-order valence-corrected chi connectivity index (χ0v) is 14.8. The van der Waals surface area contributed by atoms with Crippen LogP contribution in [-0.2, 0) is 4.79 Å². The molecule has 0 aliphatic carbocycles. The van der Waals surface area contributed by atoms with Crippen molar-refractivity contribution in [2.45, 2.75) is 38.8 Å². The standard InChI is InChI=1S/C19H29N3O2/c1-3-24-17-9-5-4-8-16(17)18(19(23)21-11-6-7-12-21)22-13-10-20-14-15(22)2/h4-5,8-9,15,18,20H,3,6-7,10-14H2,1-2H3. The number of amides is 1. The summed E-state index contributed by atoms with van der Waals surface area (Å²) >= 11 is 0. The maximum Gasteiger partial charge on any atom is 0.244 e. The topological polar surface area (TPSA) is 44.8 Å². The Balaban J connectivity index is 1.96. The van der Waals surface area contributed by atoms with Crippen LogP contribution < -0.4 is 10.1 Å². The Morgan fingerprint density at radius 1 is 1.29 bits per heavy atom. The number of nitrogens with one attached hydrogen (secondary N) is 1. The van der Waals surface area contributed by atoms with Crippen molar-refractivity contribution in [3.63, 3.8) is 0 Å². The largest absolute Gasteiger partial charge is 0.494 e. The molecule has 24 heavy (non-hydrogen) atoms. The van der Waals surface area contributed by atoms with Crippen molar-refractivity contribution in [2.75, 3.05) is 39.3 Å². The Bertz CT molecular complexity index is 557. The van der Waals surface area contributed by atoms with Gasteiger partial charge in [0.25, 0.3) is 0 Å². The molecule has 5 heteroatoms. The van der Waals surface area contributed by atoms with E-state index in [1.54, 1.807) is 0 Å². The summed E-state index contributed by atoms with van der Waals surface area (Å²) < 4.78 is 5.84. The maximum absolute atomic E-state index is 13.4. The zero-order chi connectivity index (χ0) is 16.9. The quantitative estimate of drug-likeness (QED) is 0.897. The molecule has 3 rings (SSSR count). The number of likely N-dealkylation sites (tertiary alicyclic amines) is 1. The Kier molecular flexibility index (Phi) is 5.74. The van der Waals surface area contributed by atoms with Gasteiger partial charge in [-0.1, -0.05) is 18.2 Å². The van der Waals surface area contributed by atoms with Crippen LogP contribution in [-0.4, -0.2) is 61.1 Å². The molecule has 5 nitrogen and oxygen atoms in total. The van der Waals surface area contributed by atoms with Crippen molar-refractivity contribution in [3.05, 3.63) is 29.8 Å². The fraction of sp³-hybridized carbons (Fsp3) is 0.632. The highest BCUT2D eigenvalue weighted by atomic mass is 16.5. The number of nitrogens with zero attached hydrogens (tertiary/aromatic N) is 2. The summed E-state index contributed by atoms with van der Waals surface area (Å²) in [5, 5.41) is 3.42. The highest BCUT2D eigenvalue weighted by Gasteiger charge is 2.37. The van der Waals surface area contributed by atoms with Crippen LogP contribution in [0.25, 0.3) is 0 Å². The van der Waals surface area contributed by atoms with Crippen LogP contribution in [0.15, 0.2) is 24.3 Å². The van der Waals surface area contributed by atoms with Crippen LogP contribution in [0, 0.1) is 0 Å². The molecule has 0 spiro atoms. The van der Waals surface area contributed by atoms with E-state index in [0.717, 1.165) is 56.9 Å². The van der Waals surface area contributed by atoms with E-state index < -0.39 is 0 Å². The lowest BCUT2D eigenvalue weighted by molar-refractivity contribution is -0.137. The van der Waals surface area contributed by atoms with Gasteiger partial charge < -0.3 is 15.0 Å². The Hall–Kier alpha value is -1.59. The first-order chi connectivity index (χ1) is 11.7. The summed E-state index contributed by atoms with van der Waals surface area (Å²) in [4.78, 5) is 17.7. The minimum atomic E-state index is -0.247. The van der Waals surface area contributed by atoms with Crippen molar-refractivity contribution < 1.29 is 9.53 Å². The number of hydrogen-bond acceptors (Lipinski definition) is 4. The van der Waals surface area contributed by atoms with Crippen molar-refractivity contribution in [1.82, 2.24) is 15.1 Å². The zero-order valence-electron chi connectivity index (χ0n) is 14.8. The monoisotopic (exact) mass is 331 g/mol. The van der Waals surface area contributed by atoms with Crippen molar-refractivity contribution in [2.24, 2.45) is 0 Å². The average molecular weight is 331 g/mol. The van der Waals surface area contributed by atoms with Crippen LogP contribution in [0.2, 0.25) is 0 Å². The van der Waals surface area contributed by atoms with Gasteiger partial charge in [0.1, 0.15) is 11.8 Å². The van der Waals surface area contributed by atoms with E-state index in [2.05, 4.69) is 23.2 Å². The molecule has 1 aromatic carbocycles. The fourth-order valence-electron chi connectivity index (χ4n) is 3.80. The molecule has 2 aliphatic rings. The first kappa shape index (κ1) is 17.2. The lowest BCUT2D eigenvalue weighted by Gasteiger charge is -2.41. The van der Waals surface area contributed by atoms with E-state index in [1.165, 1.54) is 0 Å². The lowest BCUT2D eigenvalue weighted by atomic mass is 9.99. The third-order valence-corrected chi connectivity index (χ3v) is 5.05. The summed E-state index contributed by atoms with van der Waals surface area (Å²) in [7, 11) is 0. The normalized spacial score (nSPS) is 23.2. The van der Waals surface area contributed by atoms with Gasteiger partial charge in [-0.05, 0) is 32.8 Å². The van der Waals surface area contributed by atoms with Crippen LogP contribution in [0.3, 0.4) is 0 Å². The van der Waals surface area contributed by atoms with Gasteiger partial charge in [0, 0.05) is 44.3 Å². The Morgan fingerprint density at radius 2 is 2.04 bits per heavy atom. The highest BCUT2D eigenvalue weighted by Crippen LogP contribution is 2.33. The van der Waals surface area contributed by atoms with E-state index in [0.29, 0.717) is 12.6 Å². The number of carbonyl (C=O) groups excluding carboxylic acids is 1. The number of benzene rings is 1. The molecular formula is C19H29N3O2. The number of carbonyl (C=O) groups is 1. The van der Waals surface area contributed by atoms with Crippen LogP contribution in [0.5, 0.6) is 5.75 Å². The third-order valence-electron chi connectivity index (χ3n) is 5.05. The molecular weight excluding hydrogens is 302 g/mol. The molecule has 1 amide bonds. The van der Waals surface area contributed by atoms with Crippen molar-refractivity contribution in [3.8, 4) is 5.75 Å². The SMILES string of the molecule is CCOc1ccccc1C(C(=O)N1CCCC1)N1CCNCC1C. The maximum atomic E-state index is 13.4. The molecule has 0 saturated carbocycles. The number of hydrogen-bond donors (Lipinski definition) is 1. The molecule has 0 radical (unpaired) electrons. The predicted octanol–water partition coefficient (Wildman–Crippen LogP) is 2.04. The number of ether oxygens (including phenoxy) is 1. The molecule has 2 aliphatic heterocycles. The van der Waals surface area contributed by atoms with E-state index in [1.807, 2.05) is 30.0 Å². The van der Waals surface area contributed by atoms with Gasteiger partial charge in [-0.25, -0.2) is 0 Å². The summed E-state index contributed by atoms with van der Waals surface area (Å²) in [6.45, 7) is 9.27. The van der Waals surface area contributed by atoms with E-state index in [4.69, 9.17) is 4.74 Å². The second kappa shape index (κ2) is 7.99. The minimum Gasteiger partial charge on any atom is -0.494 e. The van der Waals surface area contributed by atoms with Gasteiger partial charge in [0.2, 0.25) is 5.91 Å². The van der Waals surface area contributed by atoms with E-state index in [-0.39, 0.29) is 11.9 Å². The molecule has 1 aromatic rings. The van der Waals surface area contributed by atoms with Gasteiger partial charge in [-0.3, -0.25) is 9.69 Å². The van der Waals surface area contributed by atoms with Gasteiger partial charge in [-0.15, -0.1) is 0 Å². The number of para-hydroxylation sites is 1. The van der Waals surface area contributed by atoms with Crippen LogP contribution >= 0.6 is 0 Å². The van der Waals surface area contributed by atoms with E-state index in [9.17, 15) is 4.79 Å². The summed E-state index contributed by atoms with van der Waals surface area (Å²) in [6.07, 6.45) is 2.23. The minimum absolute atomic E-state index is 0.230. The predicted molar refractivity (Wildman–Crippen MR) is 95.2 cm³/mol. The summed E-state index contributed by atoms with van der Waals surface area (Å²) in [5.74, 6) is 1.07. The van der Waals surface area contributed by atoms with Crippen LogP contribution in [0.4, 0.5) is 0 Å². The van der Waals surface area contributed by atoms with E-state index >= 15 is 0 Å². The summed E-state index contributed by atoms with van der Waals surface area (Å²) in [6, 6.07) is 8.10. The molecule has 2 atom stereocenters. The van der Waals surface area contributed by atoms with Gasteiger partial charge in [-0.2, -0.15) is 0 Å². The smallest absolute Gasteiger partial charge is 0.244 e. The van der Waals surface area contributed by atoms with Gasteiger partial charge >= 0.3 is 0 Å². The van der Waals surface area contributed by atoms with Crippen LogP contribution in [0.1, 0.15) is 38.3 Å². The molecule has 0 bridgehead atoms. The van der Waals surface area contributed by atoms with Crippen molar-refractivity contribution in [1.29, 1.82) is 0 Å². The second-order valence-corrected chi connectivity index (χ2v) is 6.70. The average Bonchev–Trinajstić information content (AvgIpc) is 3.13. The lowest BCUT2D eigenvalue weighted by Crippen LogP contribution is -2.54. The first-order valence-corrected chi connectivity index (χ1v) is 9.19. The summed E-state index contributed by atoms with van der Waals surface area (Å²) in [5.41, 5.74) is 1.00. The molecule has 2 unspecified atom stereocenters. The second-order valence-electron chi connectivity index (χ2n) is 6.70. The Morgan fingerprint density at radius 3 is 2.75 bits per heavy atom. The Labute approximate surface area is 145 Å². The molecule has 2 heterocycles. The number of rotatable bonds is 5. The first-order valence-electron chi connectivity index (χ1n) is 9.19. The van der Waals surface area contributed by atoms with Crippen molar-refractivity contribution >= 4 is 5.91 Å². The molecule has 1 N–H and O–H groups in total. The fourth-order valence-corrected chi connectivity index (χ4v) is 3.80. The highest BCUT2D eigenvalue weighted by molar-refractivity contribution is 5.84. The van der Waals surface area contributed by atoms with Gasteiger partial charge in [0.05, 0.1) is 6.61 Å². The third kappa shape index (κ3) is 3.57. The molecule has 2 saturated heterocycles. The van der Waals surface area contributed by atoms with Gasteiger partial charge in [0.15, 0.2) is 0 Å². The molecule has 2 fully saturated rings. The molecule has 0 aromatic heterocycles. The number of piperazine rings is 1. The molecule has 132 valence electrons.